The zero-order valence-corrected chi connectivity index (χ0v) is 10.3. The normalized spacial score (nSPS) is 10.7. The zero-order valence-electron chi connectivity index (χ0n) is 7.28. The molecule has 0 saturated carbocycles. The minimum absolute atomic E-state index is 0.207. The molecule has 1 aromatic carbocycles. The highest BCUT2D eigenvalue weighted by Crippen LogP contribution is 2.35. The van der Waals surface area contributed by atoms with Crippen LogP contribution in [0.3, 0.4) is 0 Å². The fourth-order valence-corrected chi connectivity index (χ4v) is 3.28. The molecule has 14 heavy (non-hydrogen) atoms. The Morgan fingerprint density at radius 2 is 2.21 bits per heavy atom. The first-order valence-electron chi connectivity index (χ1n) is 3.92. The van der Waals surface area contributed by atoms with Gasteiger partial charge in [0.05, 0.1) is 7.81 Å². The van der Waals surface area contributed by atoms with Crippen LogP contribution in [0.15, 0.2) is 18.2 Å². The van der Waals surface area contributed by atoms with Gasteiger partial charge in [-0.3, -0.25) is 10.1 Å². The Morgan fingerprint density at radius 3 is 2.86 bits per heavy atom. The fourth-order valence-electron chi connectivity index (χ4n) is 1.36. The third kappa shape index (κ3) is 1.50. The number of thiophene rings is 1. The van der Waals surface area contributed by atoms with Crippen molar-refractivity contribution in [2.24, 2.45) is 0 Å². The van der Waals surface area contributed by atoms with Crippen molar-refractivity contribution < 1.29 is 4.92 Å². The van der Waals surface area contributed by atoms with Gasteiger partial charge in [-0.25, -0.2) is 0 Å². The number of nitro benzene ring substituents is 1. The summed E-state index contributed by atoms with van der Waals surface area (Å²) in [6, 6.07) is 5.36. The van der Waals surface area contributed by atoms with Crippen LogP contribution in [0, 0.1) is 19.9 Å². The second-order valence-electron chi connectivity index (χ2n) is 2.95. The number of halogens is 1. The molecule has 0 saturated heterocycles. The summed E-state index contributed by atoms with van der Waals surface area (Å²) < 4.78 is 1.86. The quantitative estimate of drug-likeness (QED) is 0.457. The summed E-state index contributed by atoms with van der Waals surface area (Å²) in [5.74, 6) is 0. The topological polar surface area (TPSA) is 43.1 Å². The molecule has 0 bridgehead atoms. The van der Waals surface area contributed by atoms with Gasteiger partial charge in [-0.1, -0.05) is 6.07 Å². The Kier molecular flexibility index (Phi) is 2.44. The lowest BCUT2D eigenvalue weighted by molar-refractivity contribution is -0.382. The summed E-state index contributed by atoms with van der Waals surface area (Å²) >= 11 is 3.65. The molecule has 0 atom stereocenters. The summed E-state index contributed by atoms with van der Waals surface area (Å²) in [6.07, 6.45) is 0. The molecule has 72 valence electrons. The molecule has 3 nitrogen and oxygen atoms in total. The number of hydrogen-bond donors (Lipinski definition) is 0. The van der Waals surface area contributed by atoms with Crippen molar-refractivity contribution in [1.82, 2.24) is 0 Å². The molecule has 1 heterocycles. The smallest absolute Gasteiger partial charge is 0.258 e. The summed E-state index contributed by atoms with van der Waals surface area (Å²) in [5.41, 5.74) is 1.29. The van der Waals surface area contributed by atoms with Gasteiger partial charge in [0.15, 0.2) is 0 Å². The molecule has 0 spiro atoms. The molecule has 2 aromatic rings. The molecule has 0 amide bonds. The highest BCUT2D eigenvalue weighted by Gasteiger charge is 2.15. The minimum atomic E-state index is -0.325. The molecule has 0 unspecified atom stereocenters. The monoisotopic (exact) mass is 319 g/mol. The average molecular weight is 319 g/mol. The van der Waals surface area contributed by atoms with E-state index in [9.17, 15) is 10.1 Å². The van der Waals surface area contributed by atoms with Crippen LogP contribution < -0.4 is 0 Å². The van der Waals surface area contributed by atoms with Crippen LogP contribution in [-0.4, -0.2) is 4.92 Å². The van der Waals surface area contributed by atoms with Crippen LogP contribution in [0.4, 0.5) is 5.69 Å². The molecule has 2 rings (SSSR count). The van der Waals surface area contributed by atoms with E-state index in [0.717, 1.165) is 18.5 Å². The van der Waals surface area contributed by atoms with Crippen LogP contribution in [0.25, 0.3) is 10.1 Å². The predicted octanol–water partition coefficient (Wildman–Crippen LogP) is 3.72. The number of benzene rings is 1. The Labute approximate surface area is 98.0 Å². The molecule has 1 aromatic heterocycles. The van der Waals surface area contributed by atoms with Crippen molar-refractivity contribution in [2.75, 3.05) is 0 Å². The number of nitro groups is 1. The van der Waals surface area contributed by atoms with Gasteiger partial charge in [0.1, 0.15) is 4.70 Å². The molecular formula is C9H6INO2S. The summed E-state index contributed by atoms with van der Waals surface area (Å²) in [4.78, 5) is 10.4. The van der Waals surface area contributed by atoms with Crippen LogP contribution >= 0.6 is 33.9 Å². The van der Waals surface area contributed by atoms with Gasteiger partial charge >= 0.3 is 0 Å². The summed E-state index contributed by atoms with van der Waals surface area (Å²) in [5, 5.41) is 11.7. The van der Waals surface area contributed by atoms with Gasteiger partial charge in [-0.05, 0) is 41.1 Å². The molecule has 5 heteroatoms. The highest BCUT2D eigenvalue weighted by molar-refractivity contribution is 14.1. The number of rotatable bonds is 1. The lowest BCUT2D eigenvalue weighted by atomic mass is 10.1. The molecule has 0 aliphatic rings. The molecule has 0 aliphatic carbocycles. The number of fused-ring (bicyclic) bond motifs is 1. The zero-order chi connectivity index (χ0) is 10.3. The van der Waals surface area contributed by atoms with E-state index in [-0.39, 0.29) is 10.6 Å². The first-order valence-corrected chi connectivity index (χ1v) is 5.82. The maximum absolute atomic E-state index is 10.7. The van der Waals surface area contributed by atoms with E-state index in [4.69, 9.17) is 0 Å². The number of hydrogen-bond acceptors (Lipinski definition) is 3. The molecular weight excluding hydrogens is 313 g/mol. The third-order valence-electron chi connectivity index (χ3n) is 2.05. The third-order valence-corrected chi connectivity index (χ3v) is 3.97. The number of aryl methyl sites for hydroxylation is 1. The largest absolute Gasteiger partial charge is 0.287 e. The van der Waals surface area contributed by atoms with E-state index in [1.807, 2.05) is 13.0 Å². The van der Waals surface area contributed by atoms with Crippen LogP contribution in [0.2, 0.25) is 0 Å². The van der Waals surface area contributed by atoms with Gasteiger partial charge in [0.25, 0.3) is 5.69 Å². The van der Waals surface area contributed by atoms with E-state index in [2.05, 4.69) is 22.6 Å². The van der Waals surface area contributed by atoms with Crippen molar-refractivity contribution in [1.29, 1.82) is 0 Å². The Balaban J connectivity index is 2.87. The van der Waals surface area contributed by atoms with Crippen molar-refractivity contribution in [2.45, 2.75) is 6.92 Å². The molecule has 0 fully saturated rings. The lowest BCUT2D eigenvalue weighted by Crippen LogP contribution is -1.87. The minimum Gasteiger partial charge on any atom is -0.258 e. The fraction of sp³-hybridized carbons (Fsp3) is 0.111. The van der Waals surface area contributed by atoms with Gasteiger partial charge < -0.3 is 0 Å². The van der Waals surface area contributed by atoms with E-state index < -0.39 is 0 Å². The Morgan fingerprint density at radius 1 is 1.50 bits per heavy atom. The summed E-state index contributed by atoms with van der Waals surface area (Å²) in [7, 11) is 0. The Bertz CT molecular complexity index is 521. The molecule has 0 aliphatic heterocycles. The number of non-ortho nitro benzene ring substituents is 1. The van der Waals surface area contributed by atoms with Gasteiger partial charge in [-0.2, -0.15) is 0 Å². The van der Waals surface area contributed by atoms with Crippen molar-refractivity contribution in [3.8, 4) is 0 Å². The molecule has 0 radical (unpaired) electrons. The standard InChI is InChI=1S/C9H6INO2S/c1-5-2-3-7(11(12)13)9-6(5)4-8(10)14-9/h2-4H,1H3. The summed E-state index contributed by atoms with van der Waals surface area (Å²) in [6.45, 7) is 1.97. The SMILES string of the molecule is Cc1ccc([N+](=O)[O-])c2sc(I)cc12. The average Bonchev–Trinajstić information content (AvgIpc) is 2.47. The maximum atomic E-state index is 10.7. The van der Waals surface area contributed by atoms with Gasteiger partial charge in [-0.15, -0.1) is 11.3 Å². The predicted molar refractivity (Wildman–Crippen MR) is 65.9 cm³/mol. The van der Waals surface area contributed by atoms with Crippen LogP contribution in [-0.2, 0) is 0 Å². The van der Waals surface area contributed by atoms with Crippen LogP contribution in [0.5, 0.6) is 0 Å². The first kappa shape index (κ1) is 9.85. The molecule has 0 N–H and O–H groups in total. The lowest BCUT2D eigenvalue weighted by Gasteiger charge is -1.96. The highest BCUT2D eigenvalue weighted by atomic mass is 127. The van der Waals surface area contributed by atoms with Gasteiger partial charge in [0, 0.05) is 11.5 Å². The van der Waals surface area contributed by atoms with Crippen molar-refractivity contribution >= 4 is 49.7 Å². The van der Waals surface area contributed by atoms with E-state index in [1.165, 1.54) is 11.3 Å². The van der Waals surface area contributed by atoms with Crippen molar-refractivity contribution in [3.05, 3.63) is 36.8 Å². The maximum Gasteiger partial charge on any atom is 0.287 e. The first-order chi connectivity index (χ1) is 6.59. The van der Waals surface area contributed by atoms with E-state index >= 15 is 0 Å². The van der Waals surface area contributed by atoms with Crippen molar-refractivity contribution in [3.63, 3.8) is 0 Å². The Hall–Kier alpha value is -0.690. The van der Waals surface area contributed by atoms with Gasteiger partial charge in [0.2, 0.25) is 0 Å². The number of nitrogens with zero attached hydrogens (tertiary/aromatic N) is 1. The van der Waals surface area contributed by atoms with E-state index in [0.29, 0.717) is 0 Å². The second kappa shape index (κ2) is 3.47. The second-order valence-corrected chi connectivity index (χ2v) is 5.90. The van der Waals surface area contributed by atoms with E-state index in [1.54, 1.807) is 12.1 Å². The van der Waals surface area contributed by atoms with Crippen LogP contribution in [0.1, 0.15) is 5.56 Å².